The highest BCUT2D eigenvalue weighted by Gasteiger charge is 2.32. The molecule has 0 spiro atoms. The van der Waals surface area contributed by atoms with E-state index in [1.807, 2.05) is 0 Å². The van der Waals surface area contributed by atoms with Crippen molar-refractivity contribution >= 4 is 0 Å². The fraction of sp³-hybridized carbons (Fsp3) is 0.750. The summed E-state index contributed by atoms with van der Waals surface area (Å²) in [5.41, 5.74) is 2.71. The quantitative estimate of drug-likeness (QED) is 0.243. The van der Waals surface area contributed by atoms with Gasteiger partial charge in [-0.2, -0.15) is 13.2 Å². The molecule has 3 fully saturated rings. The predicted octanol–water partition coefficient (Wildman–Crippen LogP) is 11.0. The Bertz CT molecular complexity index is 800. The Morgan fingerprint density at radius 3 is 1.67 bits per heavy atom. The van der Waals surface area contributed by atoms with Crippen molar-refractivity contribution in [2.75, 3.05) is 0 Å². The Hall–Kier alpha value is -1.32. The third-order valence-corrected chi connectivity index (χ3v) is 9.84. The molecule has 0 aromatic heterocycles. The van der Waals surface area contributed by atoms with Crippen molar-refractivity contribution in [3.63, 3.8) is 0 Å². The fourth-order valence-electron chi connectivity index (χ4n) is 7.57. The zero-order valence-electron chi connectivity index (χ0n) is 22.2. The van der Waals surface area contributed by atoms with Crippen molar-refractivity contribution in [3.05, 3.63) is 47.3 Å². The first-order chi connectivity index (χ1) is 17.3. The molecule has 0 saturated heterocycles. The van der Waals surface area contributed by atoms with Crippen LogP contribution in [0.25, 0.3) is 0 Å². The van der Waals surface area contributed by atoms with Gasteiger partial charge in [0.25, 0.3) is 0 Å². The van der Waals surface area contributed by atoms with Gasteiger partial charge >= 0.3 is 6.18 Å². The second-order valence-electron chi connectivity index (χ2n) is 12.2. The number of halogens is 4. The van der Waals surface area contributed by atoms with Gasteiger partial charge in [0.2, 0.25) is 0 Å². The van der Waals surface area contributed by atoms with E-state index in [9.17, 15) is 17.6 Å². The van der Waals surface area contributed by atoms with E-state index in [4.69, 9.17) is 0 Å². The molecule has 0 amide bonds. The van der Waals surface area contributed by atoms with Gasteiger partial charge in [0.15, 0.2) is 0 Å². The topological polar surface area (TPSA) is 0 Å². The highest BCUT2D eigenvalue weighted by atomic mass is 19.4. The third-order valence-electron chi connectivity index (χ3n) is 9.84. The second-order valence-corrected chi connectivity index (χ2v) is 12.2. The van der Waals surface area contributed by atoms with Crippen LogP contribution in [0.4, 0.5) is 17.6 Å². The van der Waals surface area contributed by atoms with Crippen molar-refractivity contribution in [1.82, 2.24) is 0 Å². The smallest absolute Gasteiger partial charge is 0.212 e. The maximum absolute atomic E-state index is 13.9. The van der Waals surface area contributed by atoms with Crippen molar-refractivity contribution in [1.29, 1.82) is 0 Å². The maximum atomic E-state index is 13.9. The number of unbranched alkanes of at least 4 members (excludes halogenated alkanes) is 2. The van der Waals surface area contributed by atoms with Crippen LogP contribution in [0.15, 0.2) is 36.2 Å². The number of alkyl halides is 3. The lowest BCUT2D eigenvalue weighted by Gasteiger charge is -2.38. The number of hydrogen-bond acceptors (Lipinski definition) is 0. The van der Waals surface area contributed by atoms with Crippen LogP contribution in [-0.2, 0) is 0 Å². The van der Waals surface area contributed by atoms with Gasteiger partial charge < -0.3 is 0 Å². The highest BCUT2D eigenvalue weighted by Crippen LogP contribution is 2.45. The molecule has 4 rings (SSSR count). The first-order valence-corrected chi connectivity index (χ1v) is 14.9. The van der Waals surface area contributed by atoms with Crippen molar-refractivity contribution in [3.8, 4) is 0 Å². The molecule has 202 valence electrons. The van der Waals surface area contributed by atoms with E-state index in [0.29, 0.717) is 24.7 Å². The van der Waals surface area contributed by atoms with Crippen LogP contribution in [0.2, 0.25) is 0 Å². The van der Waals surface area contributed by atoms with Gasteiger partial charge in [0.1, 0.15) is 5.83 Å². The number of allylic oxidation sites excluding steroid dienone is 2. The SMILES string of the molecule is CCCCCC1CCC(C2CCC(c3ccc(C4CCC(C(F)=CC(F)(F)F)CC4)cc3)CC2)CC1. The average Bonchev–Trinajstić information content (AvgIpc) is 2.89. The van der Waals surface area contributed by atoms with E-state index >= 15 is 0 Å². The Morgan fingerprint density at radius 1 is 0.722 bits per heavy atom. The van der Waals surface area contributed by atoms with E-state index in [2.05, 4.69) is 31.2 Å². The van der Waals surface area contributed by atoms with Crippen LogP contribution >= 0.6 is 0 Å². The van der Waals surface area contributed by atoms with Gasteiger partial charge in [-0.15, -0.1) is 0 Å². The Labute approximate surface area is 216 Å². The Balaban J connectivity index is 1.20. The van der Waals surface area contributed by atoms with Crippen LogP contribution in [0.3, 0.4) is 0 Å². The molecule has 1 aromatic carbocycles. The normalized spacial score (nSPS) is 32.4. The molecular weight excluding hydrogens is 460 g/mol. The molecule has 0 bridgehead atoms. The van der Waals surface area contributed by atoms with Crippen molar-refractivity contribution in [2.24, 2.45) is 23.7 Å². The van der Waals surface area contributed by atoms with Crippen LogP contribution < -0.4 is 0 Å². The lowest BCUT2D eigenvalue weighted by molar-refractivity contribution is -0.0820. The first kappa shape index (κ1) is 27.7. The molecule has 1 aromatic rings. The molecule has 0 N–H and O–H groups in total. The number of hydrogen-bond donors (Lipinski definition) is 0. The summed E-state index contributed by atoms with van der Waals surface area (Å²) in [4.78, 5) is 0. The molecule has 0 unspecified atom stereocenters. The lowest BCUT2D eigenvalue weighted by atomic mass is 9.68. The minimum absolute atomic E-state index is 0.152. The fourth-order valence-corrected chi connectivity index (χ4v) is 7.57. The molecule has 4 heteroatoms. The van der Waals surface area contributed by atoms with Crippen molar-refractivity contribution < 1.29 is 17.6 Å². The summed E-state index contributed by atoms with van der Waals surface area (Å²) in [5.74, 6) is 2.31. The highest BCUT2D eigenvalue weighted by molar-refractivity contribution is 5.28. The van der Waals surface area contributed by atoms with Gasteiger partial charge in [-0.05, 0) is 105 Å². The summed E-state index contributed by atoms with van der Waals surface area (Å²) in [6.45, 7) is 2.29. The zero-order chi connectivity index (χ0) is 25.5. The summed E-state index contributed by atoms with van der Waals surface area (Å²) in [6.07, 6.45) is 14.6. The van der Waals surface area contributed by atoms with Crippen molar-refractivity contribution in [2.45, 2.75) is 128 Å². The van der Waals surface area contributed by atoms with Gasteiger partial charge in [0.05, 0.1) is 6.08 Å². The molecule has 0 heterocycles. The minimum atomic E-state index is -4.57. The molecule has 0 nitrogen and oxygen atoms in total. The predicted molar refractivity (Wildman–Crippen MR) is 141 cm³/mol. The van der Waals surface area contributed by atoms with E-state index in [-0.39, 0.29) is 6.08 Å². The molecule has 0 atom stereocenters. The van der Waals surface area contributed by atoms with E-state index in [0.717, 1.165) is 30.6 Å². The summed E-state index contributed by atoms with van der Waals surface area (Å²) in [5, 5.41) is 0. The number of rotatable bonds is 8. The molecule has 3 aliphatic rings. The van der Waals surface area contributed by atoms with E-state index < -0.39 is 17.9 Å². The van der Waals surface area contributed by atoms with Gasteiger partial charge in [0, 0.05) is 5.92 Å². The third kappa shape index (κ3) is 7.84. The lowest BCUT2D eigenvalue weighted by Crippen LogP contribution is -2.25. The Kier molecular flexibility index (Phi) is 9.98. The van der Waals surface area contributed by atoms with Crippen LogP contribution in [-0.4, -0.2) is 6.18 Å². The first-order valence-electron chi connectivity index (χ1n) is 14.9. The standard InChI is InChI=1S/C32H46F4/c1-2-3-4-5-23-6-8-24(9-7-23)25-10-12-26(13-11-25)27-14-16-28(17-15-27)29-18-20-30(21-19-29)31(33)22-32(34,35)36/h14-17,22-26,29-30H,2-13,18-21H2,1H3. The monoisotopic (exact) mass is 506 g/mol. The van der Waals surface area contributed by atoms with E-state index in [1.165, 1.54) is 88.2 Å². The van der Waals surface area contributed by atoms with Crippen LogP contribution in [0, 0.1) is 23.7 Å². The van der Waals surface area contributed by atoms with E-state index in [1.54, 1.807) is 0 Å². The maximum Gasteiger partial charge on any atom is 0.412 e. The summed E-state index contributed by atoms with van der Waals surface area (Å²) < 4.78 is 51.3. The molecule has 0 aliphatic heterocycles. The molecule has 3 saturated carbocycles. The summed E-state index contributed by atoms with van der Waals surface area (Å²) in [6, 6.07) is 9.04. The Morgan fingerprint density at radius 2 is 1.19 bits per heavy atom. The minimum Gasteiger partial charge on any atom is -0.212 e. The molecule has 0 radical (unpaired) electrons. The molecular formula is C32H46F4. The average molecular weight is 507 g/mol. The second kappa shape index (κ2) is 13.0. The van der Waals surface area contributed by atoms with Crippen LogP contribution in [0.5, 0.6) is 0 Å². The van der Waals surface area contributed by atoms with Crippen LogP contribution in [0.1, 0.15) is 133 Å². The summed E-state index contributed by atoms with van der Waals surface area (Å²) >= 11 is 0. The largest absolute Gasteiger partial charge is 0.412 e. The molecule has 3 aliphatic carbocycles. The molecule has 36 heavy (non-hydrogen) atoms. The zero-order valence-corrected chi connectivity index (χ0v) is 22.2. The van der Waals surface area contributed by atoms with Gasteiger partial charge in [-0.25, -0.2) is 4.39 Å². The van der Waals surface area contributed by atoms with Gasteiger partial charge in [-0.3, -0.25) is 0 Å². The summed E-state index contributed by atoms with van der Waals surface area (Å²) in [7, 11) is 0. The van der Waals surface area contributed by atoms with Gasteiger partial charge in [-0.1, -0.05) is 69.7 Å². The number of benzene rings is 1.